The lowest BCUT2D eigenvalue weighted by atomic mass is 9.94. The molecule has 0 aliphatic carbocycles. The highest BCUT2D eigenvalue weighted by Crippen LogP contribution is 2.29. The maximum absolute atomic E-state index is 13.3. The van der Waals surface area contributed by atoms with Crippen molar-refractivity contribution in [2.24, 2.45) is 5.41 Å². The van der Waals surface area contributed by atoms with E-state index in [-0.39, 0.29) is 18.3 Å². The smallest absolute Gasteiger partial charge is 0.233 e. The minimum absolute atomic E-state index is 0.141. The number of carbonyl (C=O) groups is 1. The molecule has 2 aromatic heterocycles. The highest BCUT2D eigenvalue weighted by molar-refractivity contribution is 7.13. The number of amides is 1. The summed E-state index contributed by atoms with van der Waals surface area (Å²) < 4.78 is 26.4. The molecular formula is C21H22F2N4OS. The zero-order chi connectivity index (χ0) is 21.2. The molecule has 0 saturated heterocycles. The third-order valence-corrected chi connectivity index (χ3v) is 5.20. The maximum Gasteiger partial charge on any atom is 0.233 e. The first-order valence-electron chi connectivity index (χ1n) is 9.02. The van der Waals surface area contributed by atoms with E-state index in [0.29, 0.717) is 16.6 Å². The molecule has 0 aliphatic rings. The minimum Gasteiger partial charge on any atom is -0.321 e. The molecule has 1 amide bonds. The van der Waals surface area contributed by atoms with Crippen molar-refractivity contribution in [2.45, 2.75) is 27.3 Å². The molecular weight excluding hydrogens is 394 g/mol. The number of aromatic nitrogens is 2. The Kier molecular flexibility index (Phi) is 5.93. The molecule has 2 heterocycles. The van der Waals surface area contributed by atoms with E-state index in [1.54, 1.807) is 12.1 Å². The summed E-state index contributed by atoms with van der Waals surface area (Å²) in [6.07, 6.45) is 1.09. The number of thiazole rings is 1. The summed E-state index contributed by atoms with van der Waals surface area (Å²) in [5.74, 6) is -0.537. The van der Waals surface area contributed by atoms with Crippen molar-refractivity contribution in [3.05, 3.63) is 65.3 Å². The molecule has 0 aliphatic heterocycles. The van der Waals surface area contributed by atoms with Gasteiger partial charge in [0.15, 0.2) is 5.13 Å². The molecule has 0 N–H and O–H groups in total. The van der Waals surface area contributed by atoms with Gasteiger partial charge in [-0.3, -0.25) is 9.69 Å². The maximum atomic E-state index is 13.3. The van der Waals surface area contributed by atoms with Crippen LogP contribution in [0.2, 0.25) is 0 Å². The van der Waals surface area contributed by atoms with E-state index >= 15 is 0 Å². The van der Waals surface area contributed by atoms with Gasteiger partial charge in [0, 0.05) is 23.5 Å². The molecule has 0 saturated carbocycles. The fraction of sp³-hybridized carbons (Fsp3) is 0.286. The largest absolute Gasteiger partial charge is 0.321 e. The topological polar surface area (TPSA) is 49.3 Å². The van der Waals surface area contributed by atoms with E-state index in [4.69, 9.17) is 0 Å². The van der Waals surface area contributed by atoms with Gasteiger partial charge in [0.25, 0.3) is 0 Å². The molecule has 0 atom stereocenters. The second-order valence-corrected chi connectivity index (χ2v) is 8.47. The molecule has 3 rings (SSSR count). The van der Waals surface area contributed by atoms with E-state index in [0.717, 1.165) is 11.9 Å². The molecule has 0 unspecified atom stereocenters. The average Bonchev–Trinajstić information content (AvgIpc) is 3.14. The SMILES string of the molecule is CN(c1ccc(F)cc1)c1nc(CN(C(=O)C(C)(C)C)c2ccc(F)cn2)cs1. The van der Waals surface area contributed by atoms with E-state index < -0.39 is 11.2 Å². The van der Waals surface area contributed by atoms with E-state index in [1.807, 2.05) is 38.1 Å². The Morgan fingerprint density at radius 2 is 1.72 bits per heavy atom. The summed E-state index contributed by atoms with van der Waals surface area (Å²) in [6, 6.07) is 8.90. The third-order valence-electron chi connectivity index (χ3n) is 4.24. The fourth-order valence-corrected chi connectivity index (χ4v) is 3.45. The molecule has 152 valence electrons. The first kappa shape index (κ1) is 20.9. The Hall–Kier alpha value is -2.87. The molecule has 3 aromatic rings. The Labute approximate surface area is 172 Å². The summed E-state index contributed by atoms with van der Waals surface area (Å²) in [4.78, 5) is 25.0. The summed E-state index contributed by atoms with van der Waals surface area (Å²) in [7, 11) is 1.84. The van der Waals surface area contributed by atoms with Crippen LogP contribution in [0.4, 0.5) is 25.4 Å². The van der Waals surface area contributed by atoms with E-state index in [1.165, 1.54) is 40.5 Å². The zero-order valence-electron chi connectivity index (χ0n) is 16.7. The lowest BCUT2D eigenvalue weighted by Gasteiger charge is -2.28. The Bertz CT molecular complexity index is 981. The number of anilines is 3. The first-order chi connectivity index (χ1) is 13.6. The molecule has 0 radical (unpaired) electrons. The van der Waals surface area contributed by atoms with Gasteiger partial charge in [0.1, 0.15) is 17.5 Å². The van der Waals surface area contributed by atoms with Crippen molar-refractivity contribution in [3.63, 3.8) is 0 Å². The Morgan fingerprint density at radius 1 is 1.07 bits per heavy atom. The second kappa shape index (κ2) is 8.24. The molecule has 5 nitrogen and oxygen atoms in total. The molecule has 1 aromatic carbocycles. The van der Waals surface area contributed by atoms with Crippen LogP contribution in [0.5, 0.6) is 0 Å². The molecule has 8 heteroatoms. The van der Waals surface area contributed by atoms with Crippen LogP contribution < -0.4 is 9.80 Å². The van der Waals surface area contributed by atoms with Crippen molar-refractivity contribution in [3.8, 4) is 0 Å². The predicted molar refractivity (Wildman–Crippen MR) is 111 cm³/mol. The second-order valence-electron chi connectivity index (χ2n) is 7.63. The zero-order valence-corrected chi connectivity index (χ0v) is 17.5. The number of halogens is 2. The van der Waals surface area contributed by atoms with Gasteiger partial charge in [-0.1, -0.05) is 20.8 Å². The van der Waals surface area contributed by atoms with Crippen LogP contribution in [0.25, 0.3) is 0 Å². The summed E-state index contributed by atoms with van der Waals surface area (Å²) in [6.45, 7) is 5.67. The molecule has 29 heavy (non-hydrogen) atoms. The number of pyridine rings is 1. The van der Waals surface area contributed by atoms with Crippen LogP contribution >= 0.6 is 11.3 Å². The lowest BCUT2D eigenvalue weighted by molar-refractivity contribution is -0.126. The van der Waals surface area contributed by atoms with Gasteiger partial charge >= 0.3 is 0 Å². The number of rotatable bonds is 5. The van der Waals surface area contributed by atoms with Gasteiger partial charge in [-0.2, -0.15) is 0 Å². The van der Waals surface area contributed by atoms with Crippen molar-refractivity contribution in [1.82, 2.24) is 9.97 Å². The van der Waals surface area contributed by atoms with Gasteiger partial charge in [-0.15, -0.1) is 11.3 Å². The number of carbonyl (C=O) groups excluding carboxylic acids is 1. The number of benzene rings is 1. The van der Waals surface area contributed by atoms with Crippen LogP contribution in [0.1, 0.15) is 26.5 Å². The van der Waals surface area contributed by atoms with Gasteiger partial charge < -0.3 is 4.90 Å². The molecule has 0 spiro atoms. The highest BCUT2D eigenvalue weighted by Gasteiger charge is 2.29. The van der Waals surface area contributed by atoms with Crippen molar-refractivity contribution in [2.75, 3.05) is 16.8 Å². The predicted octanol–water partition coefficient (Wildman–Crippen LogP) is 5.16. The van der Waals surface area contributed by atoms with Gasteiger partial charge in [-0.05, 0) is 36.4 Å². The van der Waals surface area contributed by atoms with E-state index in [2.05, 4.69) is 9.97 Å². The fourth-order valence-electron chi connectivity index (χ4n) is 2.65. The van der Waals surface area contributed by atoms with Crippen molar-refractivity contribution >= 4 is 33.9 Å². The van der Waals surface area contributed by atoms with Crippen molar-refractivity contribution < 1.29 is 13.6 Å². The van der Waals surface area contributed by atoms with Gasteiger partial charge in [0.2, 0.25) is 5.91 Å². The Balaban J connectivity index is 1.85. The van der Waals surface area contributed by atoms with Crippen molar-refractivity contribution in [1.29, 1.82) is 0 Å². The third kappa shape index (κ3) is 4.95. The summed E-state index contributed by atoms with van der Waals surface area (Å²) >= 11 is 1.42. The number of hydrogen-bond donors (Lipinski definition) is 0. The Morgan fingerprint density at radius 3 is 2.31 bits per heavy atom. The van der Waals surface area contributed by atoms with Gasteiger partial charge in [0.05, 0.1) is 18.4 Å². The van der Waals surface area contributed by atoms with Crippen LogP contribution in [-0.2, 0) is 11.3 Å². The normalized spacial score (nSPS) is 11.4. The lowest BCUT2D eigenvalue weighted by Crippen LogP contribution is -2.39. The summed E-state index contributed by atoms with van der Waals surface area (Å²) in [5, 5.41) is 2.57. The average molecular weight is 416 g/mol. The number of hydrogen-bond acceptors (Lipinski definition) is 5. The van der Waals surface area contributed by atoms with Gasteiger partial charge in [-0.25, -0.2) is 18.7 Å². The standard InChI is InChI=1S/C21H22F2N4OS/c1-21(2,3)19(28)27(18-10-7-15(23)11-24-18)12-16-13-29-20(25-16)26(4)17-8-5-14(22)6-9-17/h5-11,13H,12H2,1-4H3. The quantitative estimate of drug-likeness (QED) is 0.576. The van der Waals surface area contributed by atoms with Crippen LogP contribution in [0, 0.1) is 17.0 Å². The highest BCUT2D eigenvalue weighted by atomic mass is 32.1. The van der Waals surface area contributed by atoms with Crippen LogP contribution in [-0.4, -0.2) is 22.9 Å². The number of nitrogens with zero attached hydrogens (tertiary/aromatic N) is 4. The molecule has 0 fully saturated rings. The van der Waals surface area contributed by atoms with Crippen LogP contribution in [0.3, 0.4) is 0 Å². The van der Waals surface area contributed by atoms with E-state index in [9.17, 15) is 13.6 Å². The molecule has 0 bridgehead atoms. The monoisotopic (exact) mass is 416 g/mol. The first-order valence-corrected chi connectivity index (χ1v) is 9.90. The minimum atomic E-state index is -0.639. The van der Waals surface area contributed by atoms with Crippen LogP contribution in [0.15, 0.2) is 48.0 Å². The summed E-state index contributed by atoms with van der Waals surface area (Å²) in [5.41, 5.74) is 0.845.